The number of anilines is 1. The highest BCUT2D eigenvalue weighted by molar-refractivity contribution is 5.92. The van der Waals surface area contributed by atoms with Crippen LogP contribution >= 0.6 is 0 Å². The molecule has 0 spiro atoms. The first-order valence-corrected chi connectivity index (χ1v) is 8.55. The molecule has 0 saturated heterocycles. The van der Waals surface area contributed by atoms with Crippen LogP contribution in [0.15, 0.2) is 48.5 Å². The van der Waals surface area contributed by atoms with Crippen LogP contribution in [0.2, 0.25) is 0 Å². The first kappa shape index (κ1) is 22.1. The molecular formula is C18H13F6N5O2. The second kappa shape index (κ2) is 8.62. The van der Waals surface area contributed by atoms with Crippen molar-refractivity contribution >= 4 is 11.6 Å². The van der Waals surface area contributed by atoms with Crippen LogP contribution in [0.5, 0.6) is 5.75 Å². The number of hydrogen-bond acceptors (Lipinski definition) is 5. The Hall–Kier alpha value is -3.64. The fourth-order valence-electron chi connectivity index (χ4n) is 2.43. The van der Waals surface area contributed by atoms with E-state index >= 15 is 0 Å². The molecule has 3 aromatic rings. The van der Waals surface area contributed by atoms with Gasteiger partial charge in [0.2, 0.25) is 11.7 Å². The quantitative estimate of drug-likeness (QED) is 0.582. The van der Waals surface area contributed by atoms with Crippen LogP contribution in [-0.4, -0.2) is 38.9 Å². The smallest absolute Gasteiger partial charge is 0.422 e. The molecule has 0 aliphatic heterocycles. The number of para-hydroxylation sites is 2. The summed E-state index contributed by atoms with van der Waals surface area (Å²) in [5.41, 5.74) is -0.850. The second-order valence-electron chi connectivity index (χ2n) is 6.17. The molecule has 1 amide bonds. The number of carbonyl (C=O) groups excluding carboxylic acids is 1. The number of halogens is 6. The topological polar surface area (TPSA) is 81.9 Å². The van der Waals surface area contributed by atoms with Gasteiger partial charge in [0.1, 0.15) is 12.3 Å². The number of ether oxygens (including phenoxy) is 1. The van der Waals surface area contributed by atoms with Gasteiger partial charge < -0.3 is 10.1 Å². The van der Waals surface area contributed by atoms with Gasteiger partial charge in [-0.15, -0.1) is 10.2 Å². The maximum Gasteiger partial charge on any atom is 0.422 e. The number of tetrazole rings is 1. The summed E-state index contributed by atoms with van der Waals surface area (Å²) in [5.74, 6) is -1.03. The van der Waals surface area contributed by atoms with Crippen molar-refractivity contribution < 1.29 is 35.9 Å². The second-order valence-corrected chi connectivity index (χ2v) is 6.17. The summed E-state index contributed by atoms with van der Waals surface area (Å²) in [6.45, 7) is -2.02. The predicted molar refractivity (Wildman–Crippen MR) is 94.9 cm³/mol. The lowest BCUT2D eigenvalue weighted by Gasteiger charge is -2.13. The Morgan fingerprint density at radius 1 is 1.03 bits per heavy atom. The molecule has 1 heterocycles. The molecule has 164 valence electrons. The van der Waals surface area contributed by atoms with Crippen molar-refractivity contribution in [3.05, 3.63) is 54.1 Å². The van der Waals surface area contributed by atoms with E-state index in [1.807, 2.05) is 0 Å². The molecule has 7 nitrogen and oxygen atoms in total. The Balaban J connectivity index is 1.68. The van der Waals surface area contributed by atoms with E-state index in [0.717, 1.165) is 16.9 Å². The summed E-state index contributed by atoms with van der Waals surface area (Å²) in [5, 5.41) is 13.5. The van der Waals surface area contributed by atoms with E-state index in [-0.39, 0.29) is 22.8 Å². The van der Waals surface area contributed by atoms with Crippen molar-refractivity contribution in [2.45, 2.75) is 18.9 Å². The molecule has 0 atom stereocenters. The van der Waals surface area contributed by atoms with Crippen LogP contribution in [0.25, 0.3) is 11.4 Å². The Morgan fingerprint density at radius 3 is 2.48 bits per heavy atom. The van der Waals surface area contributed by atoms with E-state index in [1.165, 1.54) is 36.4 Å². The fraction of sp³-hybridized carbons (Fsp3) is 0.222. The third-order valence-corrected chi connectivity index (χ3v) is 3.74. The number of nitrogens with zero attached hydrogens (tertiary/aromatic N) is 4. The fourth-order valence-corrected chi connectivity index (χ4v) is 2.43. The number of amides is 1. The monoisotopic (exact) mass is 445 g/mol. The third-order valence-electron chi connectivity index (χ3n) is 3.74. The molecule has 0 bridgehead atoms. The van der Waals surface area contributed by atoms with E-state index in [2.05, 4.69) is 25.5 Å². The molecule has 0 aliphatic rings. The zero-order valence-electron chi connectivity index (χ0n) is 15.4. The summed E-state index contributed by atoms with van der Waals surface area (Å²) in [7, 11) is 0. The lowest BCUT2D eigenvalue weighted by molar-refractivity contribution is -0.153. The molecule has 0 saturated carbocycles. The van der Waals surface area contributed by atoms with Crippen LogP contribution in [0.3, 0.4) is 0 Å². The maximum absolute atomic E-state index is 12.8. The van der Waals surface area contributed by atoms with Gasteiger partial charge in [-0.1, -0.05) is 24.3 Å². The van der Waals surface area contributed by atoms with E-state index < -0.39 is 37.0 Å². The van der Waals surface area contributed by atoms with Crippen molar-refractivity contribution in [1.82, 2.24) is 20.2 Å². The van der Waals surface area contributed by atoms with E-state index in [1.54, 1.807) is 0 Å². The molecule has 31 heavy (non-hydrogen) atoms. The summed E-state index contributed by atoms with van der Waals surface area (Å²) < 4.78 is 80.2. The van der Waals surface area contributed by atoms with Crippen LogP contribution in [0.4, 0.5) is 32.0 Å². The average molecular weight is 445 g/mol. The summed E-state index contributed by atoms with van der Waals surface area (Å²) in [6, 6.07) is 9.77. The number of alkyl halides is 6. The zero-order valence-corrected chi connectivity index (χ0v) is 15.4. The number of rotatable bonds is 6. The molecule has 0 radical (unpaired) electrons. The molecule has 0 unspecified atom stereocenters. The van der Waals surface area contributed by atoms with Gasteiger partial charge in [-0.2, -0.15) is 31.1 Å². The van der Waals surface area contributed by atoms with Crippen molar-refractivity contribution in [2.75, 3.05) is 11.9 Å². The molecule has 2 aromatic carbocycles. The largest absolute Gasteiger partial charge is 0.482 e. The molecular weight excluding hydrogens is 432 g/mol. The van der Waals surface area contributed by atoms with Gasteiger partial charge in [0, 0.05) is 5.56 Å². The van der Waals surface area contributed by atoms with Gasteiger partial charge in [-0.05, 0) is 29.5 Å². The third kappa shape index (κ3) is 6.17. The molecule has 1 aromatic heterocycles. The van der Waals surface area contributed by atoms with Gasteiger partial charge >= 0.3 is 12.4 Å². The van der Waals surface area contributed by atoms with Crippen molar-refractivity contribution in [3.63, 3.8) is 0 Å². The van der Waals surface area contributed by atoms with Crippen LogP contribution in [-0.2, 0) is 17.5 Å². The molecule has 13 heteroatoms. The van der Waals surface area contributed by atoms with E-state index in [4.69, 9.17) is 0 Å². The highest BCUT2D eigenvalue weighted by Crippen LogP contribution is 2.31. The normalized spacial score (nSPS) is 11.9. The van der Waals surface area contributed by atoms with Crippen molar-refractivity contribution in [2.24, 2.45) is 0 Å². The SMILES string of the molecule is O=C(Cn1nnc(-c2cccc(C(F)(F)F)c2)n1)Nc1ccccc1OCC(F)(F)F. The highest BCUT2D eigenvalue weighted by atomic mass is 19.4. The average Bonchev–Trinajstić information content (AvgIpc) is 3.14. The van der Waals surface area contributed by atoms with Crippen LogP contribution < -0.4 is 10.1 Å². The predicted octanol–water partition coefficient (Wildman–Crippen LogP) is 3.94. The summed E-state index contributed by atoms with van der Waals surface area (Å²) >= 11 is 0. The van der Waals surface area contributed by atoms with E-state index in [9.17, 15) is 31.1 Å². The first-order valence-electron chi connectivity index (χ1n) is 8.55. The molecule has 0 fully saturated rings. The number of hydrogen-bond donors (Lipinski definition) is 1. The minimum absolute atomic E-state index is 0.00466. The molecule has 0 aliphatic carbocycles. The van der Waals surface area contributed by atoms with Gasteiger partial charge in [0.25, 0.3) is 0 Å². The van der Waals surface area contributed by atoms with Crippen LogP contribution in [0.1, 0.15) is 5.56 Å². The van der Waals surface area contributed by atoms with E-state index in [0.29, 0.717) is 0 Å². The summed E-state index contributed by atoms with van der Waals surface area (Å²) in [6.07, 6.45) is -9.10. The standard InChI is InChI=1S/C18H13F6N5O2/c19-17(20,21)10-31-14-7-2-1-6-13(14)25-15(30)9-29-27-16(26-28-29)11-4-3-5-12(8-11)18(22,23)24/h1-8H,9-10H2,(H,25,30). The lowest BCUT2D eigenvalue weighted by Crippen LogP contribution is -2.22. The van der Waals surface area contributed by atoms with Gasteiger partial charge in [-0.3, -0.25) is 4.79 Å². The number of aromatic nitrogens is 4. The number of nitrogens with one attached hydrogen (secondary N) is 1. The van der Waals surface area contributed by atoms with Gasteiger partial charge in [0.15, 0.2) is 6.61 Å². The number of benzene rings is 2. The minimum Gasteiger partial charge on any atom is -0.482 e. The molecule has 3 rings (SSSR count). The lowest BCUT2D eigenvalue weighted by atomic mass is 10.1. The first-order chi connectivity index (χ1) is 14.5. The summed E-state index contributed by atoms with van der Waals surface area (Å²) in [4.78, 5) is 13.0. The van der Waals surface area contributed by atoms with Crippen molar-refractivity contribution in [1.29, 1.82) is 0 Å². The highest BCUT2D eigenvalue weighted by Gasteiger charge is 2.31. The Kier molecular flexibility index (Phi) is 6.13. The Morgan fingerprint density at radius 2 is 1.77 bits per heavy atom. The molecule has 1 N–H and O–H groups in total. The van der Waals surface area contributed by atoms with Crippen molar-refractivity contribution in [3.8, 4) is 17.1 Å². The zero-order chi connectivity index (χ0) is 22.6. The van der Waals surface area contributed by atoms with Crippen LogP contribution in [0, 0.1) is 0 Å². The number of carbonyl (C=O) groups is 1. The van der Waals surface area contributed by atoms with Gasteiger partial charge in [0.05, 0.1) is 11.3 Å². The minimum atomic E-state index is -4.55. The maximum atomic E-state index is 12.8. The Bertz CT molecular complexity index is 1060. The van der Waals surface area contributed by atoms with Gasteiger partial charge in [-0.25, -0.2) is 0 Å². The Labute approximate surface area is 170 Å².